The Hall–Kier alpha value is -2.90. The number of hydrogen-bond acceptors (Lipinski definition) is 5. The van der Waals surface area contributed by atoms with Gasteiger partial charge in [0.15, 0.2) is 0 Å². The normalized spacial score (nSPS) is 15.5. The summed E-state index contributed by atoms with van der Waals surface area (Å²) in [5.74, 6) is -1.33. The van der Waals surface area contributed by atoms with Gasteiger partial charge in [0.2, 0.25) is 5.88 Å². The van der Waals surface area contributed by atoms with Crippen molar-refractivity contribution < 1.29 is 9.50 Å². The molecule has 1 aliphatic heterocycles. The first-order valence-electron chi connectivity index (χ1n) is 8.20. The third-order valence-corrected chi connectivity index (χ3v) is 4.15. The molecule has 3 rings (SSSR count). The second-order valence-electron chi connectivity index (χ2n) is 5.90. The van der Waals surface area contributed by atoms with Gasteiger partial charge in [0.1, 0.15) is 11.4 Å². The van der Waals surface area contributed by atoms with Gasteiger partial charge in [-0.3, -0.25) is 14.8 Å². The van der Waals surface area contributed by atoms with E-state index < -0.39 is 22.9 Å². The van der Waals surface area contributed by atoms with Gasteiger partial charge in [-0.25, -0.2) is 13.8 Å². The SMILES string of the molecule is O=c1[nH]c(=O)n(-c2ccccc2F)c(O)c1C=NN1CCCCCC1. The average molecular weight is 346 g/mol. The van der Waals surface area contributed by atoms with Crippen molar-refractivity contribution in [3.8, 4) is 11.6 Å². The van der Waals surface area contributed by atoms with E-state index in [9.17, 15) is 19.1 Å². The minimum atomic E-state index is -0.917. The number of benzene rings is 1. The maximum Gasteiger partial charge on any atom is 0.335 e. The van der Waals surface area contributed by atoms with E-state index in [0.29, 0.717) is 0 Å². The molecule has 0 radical (unpaired) electrons. The number of halogens is 1. The van der Waals surface area contributed by atoms with E-state index in [2.05, 4.69) is 10.1 Å². The van der Waals surface area contributed by atoms with Crippen molar-refractivity contribution in [1.82, 2.24) is 14.6 Å². The molecule has 2 N–H and O–H groups in total. The molecule has 1 aromatic heterocycles. The van der Waals surface area contributed by atoms with E-state index in [-0.39, 0.29) is 11.3 Å². The molecule has 0 atom stereocenters. The first-order chi connectivity index (χ1) is 12.1. The van der Waals surface area contributed by atoms with Crippen molar-refractivity contribution in [2.45, 2.75) is 25.7 Å². The van der Waals surface area contributed by atoms with Crippen LogP contribution in [-0.2, 0) is 0 Å². The Morgan fingerprint density at radius 1 is 1.12 bits per heavy atom. The number of rotatable bonds is 3. The molecule has 0 spiro atoms. The molecule has 1 saturated heterocycles. The van der Waals surface area contributed by atoms with Crippen LogP contribution in [0, 0.1) is 5.82 Å². The van der Waals surface area contributed by atoms with E-state index in [4.69, 9.17) is 0 Å². The number of hydrazone groups is 1. The number of nitrogens with one attached hydrogen (secondary N) is 1. The fourth-order valence-electron chi connectivity index (χ4n) is 2.82. The van der Waals surface area contributed by atoms with Gasteiger partial charge in [-0.15, -0.1) is 0 Å². The van der Waals surface area contributed by atoms with Crippen molar-refractivity contribution in [2.24, 2.45) is 5.10 Å². The van der Waals surface area contributed by atoms with E-state index >= 15 is 0 Å². The van der Waals surface area contributed by atoms with Crippen LogP contribution in [0.15, 0.2) is 39.0 Å². The lowest BCUT2D eigenvalue weighted by Crippen LogP contribution is -2.32. The Balaban J connectivity index is 2.03. The van der Waals surface area contributed by atoms with Crippen LogP contribution in [0.3, 0.4) is 0 Å². The van der Waals surface area contributed by atoms with Gasteiger partial charge < -0.3 is 5.11 Å². The van der Waals surface area contributed by atoms with Crippen molar-refractivity contribution in [3.63, 3.8) is 0 Å². The van der Waals surface area contributed by atoms with Gasteiger partial charge in [0.05, 0.1) is 11.9 Å². The number of H-pyrrole nitrogens is 1. The van der Waals surface area contributed by atoms with Crippen LogP contribution < -0.4 is 11.2 Å². The first kappa shape index (κ1) is 16.9. The lowest BCUT2D eigenvalue weighted by Gasteiger charge is -2.15. The van der Waals surface area contributed by atoms with Gasteiger partial charge in [0, 0.05) is 13.1 Å². The summed E-state index contributed by atoms with van der Waals surface area (Å²) in [6, 6.07) is 5.50. The second-order valence-corrected chi connectivity index (χ2v) is 5.90. The summed E-state index contributed by atoms with van der Waals surface area (Å²) >= 11 is 0. The molecule has 2 heterocycles. The second kappa shape index (κ2) is 7.33. The first-order valence-corrected chi connectivity index (χ1v) is 8.20. The fraction of sp³-hybridized carbons (Fsp3) is 0.353. The van der Waals surface area contributed by atoms with Crippen molar-refractivity contribution in [3.05, 3.63) is 56.5 Å². The molecule has 0 unspecified atom stereocenters. The van der Waals surface area contributed by atoms with Gasteiger partial charge in [-0.05, 0) is 25.0 Å². The van der Waals surface area contributed by atoms with Gasteiger partial charge >= 0.3 is 5.69 Å². The van der Waals surface area contributed by atoms with E-state index in [1.807, 2.05) is 5.01 Å². The minimum absolute atomic E-state index is 0.148. The zero-order valence-electron chi connectivity index (χ0n) is 13.6. The predicted molar refractivity (Wildman–Crippen MR) is 91.9 cm³/mol. The highest BCUT2D eigenvalue weighted by molar-refractivity contribution is 5.82. The molecule has 0 aliphatic carbocycles. The third-order valence-electron chi connectivity index (χ3n) is 4.15. The van der Waals surface area contributed by atoms with Gasteiger partial charge in [-0.1, -0.05) is 25.0 Å². The molecule has 0 saturated carbocycles. The van der Waals surface area contributed by atoms with E-state index in [0.717, 1.165) is 49.4 Å². The van der Waals surface area contributed by atoms with E-state index in [1.54, 1.807) is 0 Å². The van der Waals surface area contributed by atoms with Crippen LogP contribution in [0.5, 0.6) is 5.88 Å². The summed E-state index contributed by atoms with van der Waals surface area (Å²) in [5, 5.41) is 16.4. The topological polar surface area (TPSA) is 90.7 Å². The molecule has 1 fully saturated rings. The molecule has 25 heavy (non-hydrogen) atoms. The summed E-state index contributed by atoms with van der Waals surface area (Å²) in [5.41, 5.74) is -2.02. The number of para-hydroxylation sites is 1. The maximum atomic E-state index is 14.0. The Bertz CT molecular complexity index is 895. The van der Waals surface area contributed by atoms with E-state index in [1.165, 1.54) is 24.4 Å². The number of aromatic nitrogens is 2. The van der Waals surface area contributed by atoms with Crippen LogP contribution >= 0.6 is 0 Å². The van der Waals surface area contributed by atoms with Crippen LogP contribution in [0.1, 0.15) is 31.2 Å². The highest BCUT2D eigenvalue weighted by Gasteiger charge is 2.17. The zero-order valence-corrected chi connectivity index (χ0v) is 13.6. The van der Waals surface area contributed by atoms with Gasteiger partial charge in [0.25, 0.3) is 5.56 Å². The number of aromatic amines is 1. The van der Waals surface area contributed by atoms with Gasteiger partial charge in [-0.2, -0.15) is 5.10 Å². The average Bonchev–Trinajstić information content (AvgIpc) is 2.85. The Kier molecular flexibility index (Phi) is 4.97. The zero-order chi connectivity index (χ0) is 17.8. The van der Waals surface area contributed by atoms with Crippen molar-refractivity contribution in [1.29, 1.82) is 0 Å². The summed E-state index contributed by atoms with van der Waals surface area (Å²) in [6.07, 6.45) is 5.51. The van der Waals surface area contributed by atoms with Crippen LogP contribution in [0.4, 0.5) is 4.39 Å². The molecule has 7 nitrogen and oxygen atoms in total. The maximum absolute atomic E-state index is 14.0. The van der Waals surface area contributed by atoms with Crippen LogP contribution in [0.25, 0.3) is 5.69 Å². The molecule has 0 amide bonds. The standard InChI is InChI=1S/C17H19FN4O3/c18-13-7-3-4-8-14(13)22-16(24)12(15(23)20-17(22)25)11-19-21-9-5-1-2-6-10-21/h3-4,7-8,11,24H,1-2,5-6,9-10H2,(H,20,23,25). The summed E-state index contributed by atoms with van der Waals surface area (Å²) in [6.45, 7) is 1.53. The van der Waals surface area contributed by atoms with Crippen molar-refractivity contribution >= 4 is 6.21 Å². The Labute approximate surface area is 143 Å². The number of aromatic hydroxyl groups is 1. The lowest BCUT2D eigenvalue weighted by atomic mass is 10.2. The molecule has 1 aromatic carbocycles. The third kappa shape index (κ3) is 3.62. The Morgan fingerprint density at radius 2 is 1.80 bits per heavy atom. The summed E-state index contributed by atoms with van der Waals surface area (Å²) in [4.78, 5) is 26.2. The fourth-order valence-corrected chi connectivity index (χ4v) is 2.82. The molecule has 2 aromatic rings. The lowest BCUT2D eigenvalue weighted by molar-refractivity contribution is 0.302. The predicted octanol–water partition coefficient (Wildman–Crippen LogP) is 1.58. The quantitative estimate of drug-likeness (QED) is 0.826. The smallest absolute Gasteiger partial charge is 0.335 e. The van der Waals surface area contributed by atoms with Crippen LogP contribution in [0.2, 0.25) is 0 Å². The molecule has 132 valence electrons. The largest absolute Gasteiger partial charge is 0.493 e. The Morgan fingerprint density at radius 3 is 2.48 bits per heavy atom. The number of hydrogen-bond donors (Lipinski definition) is 2. The summed E-state index contributed by atoms with van der Waals surface area (Å²) < 4.78 is 14.7. The monoisotopic (exact) mass is 346 g/mol. The highest BCUT2D eigenvalue weighted by atomic mass is 19.1. The van der Waals surface area contributed by atoms with Crippen molar-refractivity contribution in [2.75, 3.05) is 13.1 Å². The highest BCUT2D eigenvalue weighted by Crippen LogP contribution is 2.18. The minimum Gasteiger partial charge on any atom is -0.493 e. The molecule has 1 aliphatic rings. The molecular formula is C17H19FN4O3. The molecule has 0 bridgehead atoms. The number of nitrogens with zero attached hydrogens (tertiary/aromatic N) is 3. The van der Waals surface area contributed by atoms with Crippen LogP contribution in [-0.4, -0.2) is 39.0 Å². The molecule has 8 heteroatoms. The summed E-state index contributed by atoms with van der Waals surface area (Å²) in [7, 11) is 0. The molecular weight excluding hydrogens is 327 g/mol.